The number of benzene rings is 2. The fourth-order valence-electron chi connectivity index (χ4n) is 3.49. The molecule has 2 heterocycles. The van der Waals surface area contributed by atoms with Crippen LogP contribution in [-0.2, 0) is 0 Å². The van der Waals surface area contributed by atoms with Crippen LogP contribution in [0.5, 0.6) is 0 Å². The van der Waals surface area contributed by atoms with Crippen LogP contribution in [0.1, 0.15) is 37.1 Å². The summed E-state index contributed by atoms with van der Waals surface area (Å²) in [4.78, 5) is 26.1. The van der Waals surface area contributed by atoms with Gasteiger partial charge in [-0.1, -0.05) is 74.6 Å². The van der Waals surface area contributed by atoms with Crippen molar-refractivity contribution in [1.82, 2.24) is 15.1 Å². The zero-order valence-electron chi connectivity index (χ0n) is 17.7. The van der Waals surface area contributed by atoms with Gasteiger partial charge in [-0.2, -0.15) is 0 Å². The number of urea groups is 2. The van der Waals surface area contributed by atoms with E-state index in [1.807, 2.05) is 74.6 Å². The Morgan fingerprint density at radius 2 is 1.31 bits per heavy atom. The second kappa shape index (κ2) is 9.86. The fraction of sp³-hybridized carbons (Fsp3) is 0.364. The smallest absolute Gasteiger partial charge is 0.436 e. The van der Waals surface area contributed by atoms with Gasteiger partial charge in [0.15, 0.2) is 6.03 Å². The molecule has 0 bridgehead atoms. The van der Waals surface area contributed by atoms with Crippen molar-refractivity contribution in [3.63, 3.8) is 0 Å². The van der Waals surface area contributed by atoms with Crippen LogP contribution in [0.3, 0.4) is 0 Å². The van der Waals surface area contributed by atoms with Crippen LogP contribution in [0.25, 0.3) is 5.32 Å². The van der Waals surface area contributed by atoms with Crippen molar-refractivity contribution in [2.75, 3.05) is 14.1 Å². The molecule has 4 atom stereocenters. The Hall–Kier alpha value is -2.42. The van der Waals surface area contributed by atoms with Gasteiger partial charge < -0.3 is 20.4 Å². The third kappa shape index (κ3) is 4.95. The van der Waals surface area contributed by atoms with E-state index in [9.17, 15) is 9.59 Å². The van der Waals surface area contributed by atoms with Crippen LogP contribution in [0, 0.1) is 0 Å². The van der Waals surface area contributed by atoms with Crippen LogP contribution in [0.15, 0.2) is 60.7 Å². The molecule has 4 rings (SSSR count). The van der Waals surface area contributed by atoms with Crippen LogP contribution < -0.4 is 24.2 Å². The number of carbonyl (C=O) groups excluding carboxylic acids is 2. The van der Waals surface area contributed by atoms with Crippen LogP contribution in [0.2, 0.25) is 0 Å². The minimum Gasteiger partial charge on any atom is -0.436 e. The van der Waals surface area contributed by atoms with Gasteiger partial charge in [0.1, 0.15) is 0 Å². The van der Waals surface area contributed by atoms with Gasteiger partial charge in [0, 0.05) is 7.05 Å². The fourth-order valence-corrected chi connectivity index (χ4v) is 3.49. The van der Waals surface area contributed by atoms with Gasteiger partial charge >= 0.3 is 24.9 Å². The van der Waals surface area contributed by atoms with Crippen LogP contribution >= 0.6 is 0 Å². The molecule has 2 aromatic carbocycles. The van der Waals surface area contributed by atoms with Crippen molar-refractivity contribution >= 4 is 12.1 Å². The molecular formula is C22H27LiN4O2. The normalized spacial score (nSPS) is 25.5. The maximum Gasteiger partial charge on any atom is 1.00 e. The molecule has 0 unspecified atom stereocenters. The van der Waals surface area contributed by atoms with Crippen molar-refractivity contribution in [2.24, 2.45) is 0 Å². The Balaban J connectivity index is 0.000000200. The van der Waals surface area contributed by atoms with E-state index < -0.39 is 0 Å². The molecule has 2 aromatic rings. The van der Waals surface area contributed by atoms with Crippen molar-refractivity contribution in [3.8, 4) is 0 Å². The van der Waals surface area contributed by atoms with Crippen LogP contribution in [0.4, 0.5) is 9.59 Å². The number of rotatable bonds is 2. The summed E-state index contributed by atoms with van der Waals surface area (Å²) in [6.45, 7) is 4.07. The Labute approximate surface area is 184 Å². The molecule has 0 aromatic heterocycles. The Kier molecular flexibility index (Phi) is 7.78. The van der Waals surface area contributed by atoms with Gasteiger partial charge in [0.25, 0.3) is 0 Å². The minimum absolute atomic E-state index is 0. The van der Waals surface area contributed by atoms with E-state index in [2.05, 4.69) is 17.6 Å². The second-order valence-corrected chi connectivity index (χ2v) is 7.31. The van der Waals surface area contributed by atoms with Crippen LogP contribution in [-0.4, -0.2) is 48.0 Å². The predicted octanol–water partition coefficient (Wildman–Crippen LogP) is 1.33. The molecule has 29 heavy (non-hydrogen) atoms. The summed E-state index contributed by atoms with van der Waals surface area (Å²) in [5.41, 5.74) is 2.27. The summed E-state index contributed by atoms with van der Waals surface area (Å²) in [6.07, 6.45) is 0. The first kappa shape index (κ1) is 22.9. The maximum absolute atomic E-state index is 11.4. The molecule has 0 radical (unpaired) electrons. The first-order valence-corrected chi connectivity index (χ1v) is 9.51. The molecule has 1 N–H and O–H groups in total. The quantitative estimate of drug-likeness (QED) is 0.792. The molecule has 148 valence electrons. The van der Waals surface area contributed by atoms with Gasteiger partial charge in [-0.25, -0.2) is 4.79 Å². The predicted molar refractivity (Wildman–Crippen MR) is 110 cm³/mol. The first-order valence-electron chi connectivity index (χ1n) is 9.51. The van der Waals surface area contributed by atoms with E-state index in [0.717, 1.165) is 11.1 Å². The van der Waals surface area contributed by atoms with E-state index in [4.69, 9.17) is 0 Å². The second-order valence-electron chi connectivity index (χ2n) is 7.31. The molecule has 4 amide bonds. The Morgan fingerprint density at radius 1 is 0.793 bits per heavy atom. The van der Waals surface area contributed by atoms with E-state index >= 15 is 0 Å². The van der Waals surface area contributed by atoms with Gasteiger partial charge in [-0.05, 0) is 30.1 Å². The molecule has 2 aliphatic heterocycles. The van der Waals surface area contributed by atoms with Crippen molar-refractivity contribution in [3.05, 3.63) is 77.1 Å². The topological polar surface area (TPSA) is 66.8 Å². The summed E-state index contributed by atoms with van der Waals surface area (Å²) < 4.78 is 0. The standard InChI is InChI=1S/2C11H14N2O.Li/c2*1-8-10(12-11(14)13(8)2)9-6-4-3-5-7-9;/h2*3-8,10H,1-2H3,(H,12,14);/q;;+1/p-1/t2*8-,10-;/m11./s1. The van der Waals surface area contributed by atoms with Gasteiger partial charge in [-0.3, -0.25) is 4.79 Å². The number of likely N-dealkylation sites (N-methyl/N-ethyl adjacent to an activating group) is 2. The summed E-state index contributed by atoms with van der Waals surface area (Å²) in [5.74, 6) is 0. The largest absolute Gasteiger partial charge is 1.00 e. The Bertz CT molecular complexity index is 749. The van der Waals surface area contributed by atoms with E-state index in [-0.39, 0.29) is 55.1 Å². The number of nitrogens with one attached hydrogen (secondary N) is 1. The molecule has 0 saturated carbocycles. The van der Waals surface area contributed by atoms with E-state index in [1.165, 1.54) is 0 Å². The Morgan fingerprint density at radius 3 is 1.72 bits per heavy atom. The molecule has 6 nitrogen and oxygen atoms in total. The third-order valence-electron chi connectivity index (χ3n) is 5.61. The maximum atomic E-state index is 11.4. The van der Waals surface area contributed by atoms with Crippen molar-refractivity contribution in [2.45, 2.75) is 38.0 Å². The number of hydrogen-bond donors (Lipinski definition) is 1. The van der Waals surface area contributed by atoms with E-state index in [0.29, 0.717) is 0 Å². The average Bonchev–Trinajstić information content (AvgIpc) is 3.14. The van der Waals surface area contributed by atoms with Gasteiger partial charge in [0.05, 0.1) is 12.1 Å². The van der Waals surface area contributed by atoms with E-state index in [1.54, 1.807) is 16.8 Å². The number of carbonyl (C=O) groups is 2. The molecule has 2 saturated heterocycles. The minimum atomic E-state index is -0.119. The molecule has 0 aliphatic carbocycles. The first-order chi connectivity index (χ1) is 13.4. The van der Waals surface area contributed by atoms with Crippen molar-refractivity contribution < 1.29 is 28.4 Å². The summed E-state index contributed by atoms with van der Waals surface area (Å²) >= 11 is 0. The summed E-state index contributed by atoms with van der Waals surface area (Å²) in [7, 11) is 3.61. The molecule has 2 fully saturated rings. The van der Waals surface area contributed by atoms with Crippen molar-refractivity contribution in [1.29, 1.82) is 0 Å². The number of amides is 4. The third-order valence-corrected chi connectivity index (χ3v) is 5.61. The zero-order chi connectivity index (χ0) is 20.3. The van der Waals surface area contributed by atoms with Gasteiger partial charge in [-0.15, -0.1) is 0 Å². The summed E-state index contributed by atoms with van der Waals surface area (Å²) in [6, 6.07) is 20.4. The summed E-state index contributed by atoms with van der Waals surface area (Å²) in [5, 5.41) is 7.06. The molecular weight excluding hydrogens is 359 g/mol. The molecule has 7 heteroatoms. The zero-order valence-corrected chi connectivity index (χ0v) is 17.7. The number of nitrogens with zero attached hydrogens (tertiary/aromatic N) is 3. The average molecular weight is 386 g/mol. The molecule has 2 aliphatic rings. The monoisotopic (exact) mass is 386 g/mol. The molecule has 0 spiro atoms. The number of hydrogen-bond acceptors (Lipinski definition) is 2. The SMILES string of the molecule is C[C@@H]1[C@H](c2ccccc2)NC(=O)N1C.C[C@@H]1[C@H](c2ccccc2)[N-]C(=O)N1C.[Li+]. The van der Waals surface area contributed by atoms with Gasteiger partial charge in [0.2, 0.25) is 0 Å².